The normalized spacial score (nSPS) is 9.86. The Kier molecular flexibility index (Phi) is 17.9. The quantitative estimate of drug-likeness (QED) is 0.614. The Morgan fingerprint density at radius 1 is 1.07 bits per heavy atom. The molecule has 0 aliphatic carbocycles. The van der Waals surface area contributed by atoms with Crippen molar-refractivity contribution in [1.82, 2.24) is 10.2 Å². The number of aliphatic hydroxyl groups is 1. The van der Waals surface area contributed by atoms with Crippen LogP contribution in [0.1, 0.15) is 34.1 Å². The number of nitrogens with one attached hydrogen (secondary N) is 1. The molecule has 0 amide bonds. The van der Waals surface area contributed by atoms with Crippen LogP contribution in [0.25, 0.3) is 0 Å². The van der Waals surface area contributed by atoms with E-state index < -0.39 is 0 Å². The molecule has 0 saturated heterocycles. The molecule has 88 valence electrons. The summed E-state index contributed by atoms with van der Waals surface area (Å²) in [6, 6.07) is 0. The standard InChI is InChI=1S/C8H20N2O.C3H8/c1-3-9-5-6-10(4-2)7-8-11;1-3-2/h9,11H,3-8H2,1-2H3;3H2,1-2H3. The summed E-state index contributed by atoms with van der Waals surface area (Å²) in [7, 11) is 0. The number of likely N-dealkylation sites (N-methyl/N-ethyl adjacent to an activating group) is 2. The largest absolute Gasteiger partial charge is 0.395 e. The highest BCUT2D eigenvalue weighted by Gasteiger charge is 1.98. The highest BCUT2D eigenvalue weighted by Crippen LogP contribution is 1.83. The summed E-state index contributed by atoms with van der Waals surface area (Å²) in [4.78, 5) is 2.22. The van der Waals surface area contributed by atoms with Crippen LogP contribution in [0.4, 0.5) is 0 Å². The number of nitrogens with zero attached hydrogens (tertiary/aromatic N) is 1. The maximum Gasteiger partial charge on any atom is 0.0558 e. The van der Waals surface area contributed by atoms with Gasteiger partial charge in [0.05, 0.1) is 6.61 Å². The van der Waals surface area contributed by atoms with Crippen LogP contribution in [-0.2, 0) is 0 Å². The van der Waals surface area contributed by atoms with Crippen molar-refractivity contribution in [1.29, 1.82) is 0 Å². The second-order valence-corrected chi connectivity index (χ2v) is 3.22. The molecule has 0 rings (SSSR count). The van der Waals surface area contributed by atoms with Gasteiger partial charge >= 0.3 is 0 Å². The lowest BCUT2D eigenvalue weighted by Gasteiger charge is -2.18. The fourth-order valence-corrected chi connectivity index (χ4v) is 0.983. The van der Waals surface area contributed by atoms with Crippen molar-refractivity contribution >= 4 is 0 Å². The fraction of sp³-hybridized carbons (Fsp3) is 1.00. The van der Waals surface area contributed by atoms with Crippen molar-refractivity contribution in [3.05, 3.63) is 0 Å². The smallest absolute Gasteiger partial charge is 0.0558 e. The average Bonchev–Trinajstić information content (AvgIpc) is 2.18. The minimum atomic E-state index is 0.264. The zero-order chi connectivity index (χ0) is 11.2. The van der Waals surface area contributed by atoms with E-state index in [4.69, 9.17) is 5.11 Å². The zero-order valence-corrected chi connectivity index (χ0v) is 10.3. The van der Waals surface area contributed by atoms with Gasteiger partial charge in [0.1, 0.15) is 0 Å². The first-order chi connectivity index (χ1) is 6.76. The van der Waals surface area contributed by atoms with Gasteiger partial charge in [0.25, 0.3) is 0 Å². The van der Waals surface area contributed by atoms with E-state index in [9.17, 15) is 0 Å². The van der Waals surface area contributed by atoms with Crippen LogP contribution in [0.2, 0.25) is 0 Å². The van der Waals surface area contributed by atoms with E-state index in [1.165, 1.54) is 6.42 Å². The average molecular weight is 204 g/mol. The van der Waals surface area contributed by atoms with Gasteiger partial charge in [0.15, 0.2) is 0 Å². The molecule has 0 aliphatic heterocycles. The van der Waals surface area contributed by atoms with Gasteiger partial charge in [-0.25, -0.2) is 0 Å². The molecule has 0 heterocycles. The molecule has 2 N–H and O–H groups in total. The fourth-order valence-electron chi connectivity index (χ4n) is 0.983. The molecule has 0 fully saturated rings. The third kappa shape index (κ3) is 14.4. The molecule has 0 aliphatic rings. The zero-order valence-electron chi connectivity index (χ0n) is 10.3. The van der Waals surface area contributed by atoms with E-state index in [2.05, 4.69) is 37.9 Å². The number of aliphatic hydroxyl groups excluding tert-OH is 1. The van der Waals surface area contributed by atoms with Crippen LogP contribution < -0.4 is 5.32 Å². The van der Waals surface area contributed by atoms with Gasteiger partial charge < -0.3 is 15.3 Å². The van der Waals surface area contributed by atoms with Gasteiger partial charge in [-0.05, 0) is 13.1 Å². The minimum absolute atomic E-state index is 0.264. The molecule has 0 aromatic carbocycles. The second kappa shape index (κ2) is 15.4. The lowest BCUT2D eigenvalue weighted by atomic mass is 10.4. The van der Waals surface area contributed by atoms with E-state index in [0.717, 1.165) is 32.7 Å². The SMILES string of the molecule is CCC.CCNCCN(CC)CCO. The summed E-state index contributed by atoms with van der Waals surface area (Å²) in [5.41, 5.74) is 0. The van der Waals surface area contributed by atoms with Crippen LogP contribution >= 0.6 is 0 Å². The molecule has 14 heavy (non-hydrogen) atoms. The Bertz CT molecular complexity index is 89.4. The number of hydrogen-bond acceptors (Lipinski definition) is 3. The molecule has 3 nitrogen and oxygen atoms in total. The molecule has 0 spiro atoms. The molecule has 0 saturated carbocycles. The summed E-state index contributed by atoms with van der Waals surface area (Å²) >= 11 is 0. The molecular formula is C11H28N2O. The van der Waals surface area contributed by atoms with Crippen LogP contribution in [0, 0.1) is 0 Å². The second-order valence-electron chi connectivity index (χ2n) is 3.22. The van der Waals surface area contributed by atoms with Crippen molar-refractivity contribution in [2.45, 2.75) is 34.1 Å². The predicted molar refractivity (Wildman–Crippen MR) is 63.7 cm³/mol. The summed E-state index contributed by atoms with van der Waals surface area (Å²) in [6.07, 6.45) is 1.25. The van der Waals surface area contributed by atoms with Crippen molar-refractivity contribution in [3.63, 3.8) is 0 Å². The first-order valence-corrected chi connectivity index (χ1v) is 5.80. The molecule has 0 bridgehead atoms. The molecule has 3 heteroatoms. The third-order valence-corrected chi connectivity index (χ3v) is 1.72. The molecule has 0 aromatic heterocycles. The number of hydrogen-bond donors (Lipinski definition) is 2. The summed E-state index contributed by atoms with van der Waals surface area (Å²) in [5, 5.41) is 11.9. The third-order valence-electron chi connectivity index (χ3n) is 1.72. The lowest BCUT2D eigenvalue weighted by Crippen LogP contribution is -2.33. The van der Waals surface area contributed by atoms with Crippen LogP contribution in [-0.4, -0.2) is 49.3 Å². The maximum atomic E-state index is 8.66. The van der Waals surface area contributed by atoms with Gasteiger partial charge in [-0.1, -0.05) is 34.1 Å². The van der Waals surface area contributed by atoms with Gasteiger partial charge in [0.2, 0.25) is 0 Å². The van der Waals surface area contributed by atoms with Crippen molar-refractivity contribution < 1.29 is 5.11 Å². The van der Waals surface area contributed by atoms with E-state index in [-0.39, 0.29) is 6.61 Å². The van der Waals surface area contributed by atoms with Crippen molar-refractivity contribution in [2.24, 2.45) is 0 Å². The Morgan fingerprint density at radius 2 is 1.64 bits per heavy atom. The van der Waals surface area contributed by atoms with Gasteiger partial charge in [0, 0.05) is 19.6 Å². The van der Waals surface area contributed by atoms with Crippen molar-refractivity contribution in [2.75, 3.05) is 39.3 Å². The first kappa shape index (κ1) is 16.3. The highest BCUT2D eigenvalue weighted by molar-refractivity contribution is 4.55. The summed E-state index contributed by atoms with van der Waals surface area (Å²) in [5.74, 6) is 0. The van der Waals surface area contributed by atoms with Crippen LogP contribution in [0.3, 0.4) is 0 Å². The molecule has 0 radical (unpaired) electrons. The Morgan fingerprint density at radius 3 is 2.00 bits per heavy atom. The first-order valence-electron chi connectivity index (χ1n) is 5.80. The highest BCUT2D eigenvalue weighted by atomic mass is 16.3. The van der Waals surface area contributed by atoms with E-state index >= 15 is 0 Å². The molecular weight excluding hydrogens is 176 g/mol. The van der Waals surface area contributed by atoms with E-state index in [0.29, 0.717) is 0 Å². The molecule has 0 aromatic rings. The van der Waals surface area contributed by atoms with Gasteiger partial charge in [-0.2, -0.15) is 0 Å². The predicted octanol–water partition coefficient (Wildman–Crippen LogP) is 1.33. The maximum absolute atomic E-state index is 8.66. The van der Waals surface area contributed by atoms with Crippen LogP contribution in [0.5, 0.6) is 0 Å². The van der Waals surface area contributed by atoms with Gasteiger partial charge in [-0.3, -0.25) is 0 Å². The Hall–Kier alpha value is -0.120. The summed E-state index contributed by atoms with van der Waals surface area (Å²) < 4.78 is 0. The van der Waals surface area contributed by atoms with Gasteiger partial charge in [-0.15, -0.1) is 0 Å². The van der Waals surface area contributed by atoms with Crippen LogP contribution in [0.15, 0.2) is 0 Å². The number of rotatable bonds is 7. The Labute approximate surface area is 89.5 Å². The van der Waals surface area contributed by atoms with Crippen molar-refractivity contribution in [3.8, 4) is 0 Å². The molecule has 0 unspecified atom stereocenters. The molecule has 0 atom stereocenters. The van der Waals surface area contributed by atoms with E-state index in [1.54, 1.807) is 0 Å². The topological polar surface area (TPSA) is 35.5 Å². The summed E-state index contributed by atoms with van der Waals surface area (Å²) in [6.45, 7) is 13.6. The lowest BCUT2D eigenvalue weighted by molar-refractivity contribution is 0.202. The minimum Gasteiger partial charge on any atom is -0.395 e. The van der Waals surface area contributed by atoms with E-state index in [1.807, 2.05) is 0 Å². The Balaban J connectivity index is 0. The monoisotopic (exact) mass is 204 g/mol.